The maximum Gasteiger partial charge on any atom is 0.313 e. The average Bonchev–Trinajstić information content (AvgIpc) is 2.98. The highest BCUT2D eigenvalue weighted by molar-refractivity contribution is 6.02. The fraction of sp³-hybridized carbons (Fsp3) is 0.316. The topological polar surface area (TPSA) is 54.0 Å². The molecule has 0 aromatic heterocycles. The van der Waals surface area contributed by atoms with E-state index < -0.39 is 18.2 Å². The van der Waals surface area contributed by atoms with E-state index in [0.29, 0.717) is 17.7 Å². The lowest BCUT2D eigenvalue weighted by Crippen LogP contribution is -2.40. The predicted molar refractivity (Wildman–Crippen MR) is 85.3 cm³/mol. The van der Waals surface area contributed by atoms with Gasteiger partial charge < -0.3 is 18.9 Å². The van der Waals surface area contributed by atoms with E-state index in [4.69, 9.17) is 18.9 Å². The summed E-state index contributed by atoms with van der Waals surface area (Å²) in [4.78, 5) is 12.7. The van der Waals surface area contributed by atoms with E-state index in [2.05, 4.69) is 0 Å². The van der Waals surface area contributed by atoms with E-state index in [1.807, 2.05) is 42.5 Å². The fourth-order valence-electron chi connectivity index (χ4n) is 3.19. The zero-order valence-electron chi connectivity index (χ0n) is 13.3. The Morgan fingerprint density at radius 1 is 1.04 bits per heavy atom. The highest BCUT2D eigenvalue weighted by Crippen LogP contribution is 2.45. The molecule has 0 N–H and O–H groups in total. The summed E-state index contributed by atoms with van der Waals surface area (Å²) >= 11 is 0. The highest BCUT2D eigenvalue weighted by atomic mass is 16.9. The summed E-state index contributed by atoms with van der Waals surface area (Å²) in [6.07, 6.45) is -1.22. The van der Waals surface area contributed by atoms with Gasteiger partial charge in [-0.15, -0.1) is 0 Å². The fourth-order valence-corrected chi connectivity index (χ4v) is 3.19. The van der Waals surface area contributed by atoms with Crippen LogP contribution in [0.15, 0.2) is 54.6 Å². The largest absolute Gasteiger partial charge is 0.374 e. The van der Waals surface area contributed by atoms with Gasteiger partial charge in [0, 0.05) is 12.7 Å². The number of ether oxygens (including phenoxy) is 4. The first-order valence-corrected chi connectivity index (χ1v) is 7.90. The molecule has 0 unspecified atom stereocenters. The lowest BCUT2D eigenvalue weighted by Gasteiger charge is -2.30. The first-order chi connectivity index (χ1) is 11.7. The maximum atomic E-state index is 12.7. The minimum Gasteiger partial charge on any atom is -0.374 e. The number of fused-ring (bicyclic) bond motifs is 4. The van der Waals surface area contributed by atoms with Crippen LogP contribution >= 0.6 is 0 Å². The molecular formula is C19H18O5. The second-order valence-electron chi connectivity index (χ2n) is 5.87. The third-order valence-electron chi connectivity index (χ3n) is 4.37. The Balaban J connectivity index is 1.51. The van der Waals surface area contributed by atoms with Gasteiger partial charge in [0.1, 0.15) is 6.10 Å². The molecule has 124 valence electrons. The van der Waals surface area contributed by atoms with Crippen LogP contribution < -0.4 is 0 Å². The molecule has 0 radical (unpaired) electrons. The molecule has 4 rings (SSSR count). The lowest BCUT2D eigenvalue weighted by atomic mass is 9.95. The second kappa shape index (κ2) is 6.11. The van der Waals surface area contributed by atoms with Gasteiger partial charge in [-0.3, -0.25) is 4.79 Å². The number of ketones is 1. The number of carbonyl (C=O) groups excluding carboxylic acids is 1. The van der Waals surface area contributed by atoms with Crippen LogP contribution in [0.5, 0.6) is 0 Å². The molecule has 2 aliphatic heterocycles. The SMILES string of the molecule is CO[C@@]12O[C@H](COCc3ccccc3)[C@@H](O1)C(=O)c1ccccc12. The summed E-state index contributed by atoms with van der Waals surface area (Å²) in [6.45, 7) is 0.707. The minimum absolute atomic E-state index is 0.0934. The molecule has 2 aromatic rings. The zero-order chi connectivity index (χ0) is 16.6. The van der Waals surface area contributed by atoms with E-state index in [0.717, 1.165) is 5.56 Å². The second-order valence-corrected chi connectivity index (χ2v) is 5.87. The van der Waals surface area contributed by atoms with Crippen molar-refractivity contribution < 1.29 is 23.7 Å². The van der Waals surface area contributed by atoms with Crippen LogP contribution in [0.25, 0.3) is 0 Å². The molecule has 0 spiro atoms. The number of benzene rings is 2. The van der Waals surface area contributed by atoms with Gasteiger partial charge in [0.2, 0.25) is 0 Å². The van der Waals surface area contributed by atoms with Crippen LogP contribution in [0, 0.1) is 0 Å². The molecule has 0 saturated carbocycles. The molecule has 1 saturated heterocycles. The number of hydrogen-bond acceptors (Lipinski definition) is 5. The van der Waals surface area contributed by atoms with E-state index in [-0.39, 0.29) is 12.4 Å². The first kappa shape index (κ1) is 15.5. The Labute approximate surface area is 140 Å². The van der Waals surface area contributed by atoms with E-state index >= 15 is 0 Å². The van der Waals surface area contributed by atoms with Crippen molar-refractivity contribution in [1.82, 2.24) is 0 Å². The van der Waals surface area contributed by atoms with Gasteiger partial charge >= 0.3 is 5.97 Å². The average molecular weight is 326 g/mol. The lowest BCUT2D eigenvalue weighted by molar-refractivity contribution is -0.344. The molecule has 0 aliphatic carbocycles. The van der Waals surface area contributed by atoms with Crippen LogP contribution in [0.1, 0.15) is 21.5 Å². The van der Waals surface area contributed by atoms with Crippen molar-refractivity contribution in [1.29, 1.82) is 0 Å². The van der Waals surface area contributed by atoms with Gasteiger partial charge in [-0.1, -0.05) is 54.6 Å². The van der Waals surface area contributed by atoms with Gasteiger partial charge in [-0.25, -0.2) is 0 Å². The van der Waals surface area contributed by atoms with Crippen LogP contribution in [0.4, 0.5) is 0 Å². The normalized spacial score (nSPS) is 28.0. The minimum atomic E-state index is -1.32. The standard InChI is InChI=1S/C19H18O5/c1-21-19-15-10-6-5-9-14(15)17(20)18(24-19)16(23-19)12-22-11-13-7-3-2-4-8-13/h2-10,16,18H,11-12H2,1H3/t16-,18-,19+/m1/s1. The maximum absolute atomic E-state index is 12.7. The first-order valence-electron chi connectivity index (χ1n) is 7.90. The van der Waals surface area contributed by atoms with Crippen molar-refractivity contribution in [2.75, 3.05) is 13.7 Å². The summed E-state index contributed by atoms with van der Waals surface area (Å²) in [5.74, 6) is -1.42. The van der Waals surface area contributed by atoms with Gasteiger partial charge in [0.25, 0.3) is 0 Å². The van der Waals surface area contributed by atoms with Gasteiger partial charge in [0.15, 0.2) is 11.9 Å². The summed E-state index contributed by atoms with van der Waals surface area (Å²) in [7, 11) is 1.51. The molecule has 2 heterocycles. The summed E-state index contributed by atoms with van der Waals surface area (Å²) < 4.78 is 23.0. The van der Waals surface area contributed by atoms with Crippen molar-refractivity contribution in [3.05, 3.63) is 71.3 Å². The van der Waals surface area contributed by atoms with Crippen molar-refractivity contribution in [2.45, 2.75) is 24.8 Å². The molecule has 2 aromatic carbocycles. The predicted octanol–water partition coefficient (Wildman–Crippen LogP) is 2.64. The molecule has 2 bridgehead atoms. The van der Waals surface area contributed by atoms with Gasteiger partial charge in [-0.2, -0.15) is 0 Å². The van der Waals surface area contributed by atoms with Crippen molar-refractivity contribution in [2.24, 2.45) is 0 Å². The Kier molecular flexibility index (Phi) is 3.94. The number of methoxy groups -OCH3 is 1. The summed E-state index contributed by atoms with van der Waals surface area (Å²) in [5.41, 5.74) is 2.26. The van der Waals surface area contributed by atoms with Gasteiger partial charge in [-0.05, 0) is 5.56 Å². The Bertz CT molecular complexity index is 744. The summed E-state index contributed by atoms with van der Waals surface area (Å²) in [5, 5.41) is 0. The molecule has 2 aliphatic rings. The number of hydrogen-bond donors (Lipinski definition) is 0. The number of rotatable bonds is 5. The number of carbonyl (C=O) groups is 1. The molecule has 3 atom stereocenters. The number of Topliss-reactive ketones (excluding diaryl/α,β-unsaturated/α-hetero) is 1. The third-order valence-corrected chi connectivity index (χ3v) is 4.37. The summed E-state index contributed by atoms with van der Waals surface area (Å²) in [6, 6.07) is 17.1. The molecule has 5 heteroatoms. The zero-order valence-corrected chi connectivity index (χ0v) is 13.3. The molecule has 0 amide bonds. The Morgan fingerprint density at radius 3 is 2.58 bits per heavy atom. The third kappa shape index (κ3) is 2.46. The van der Waals surface area contributed by atoms with E-state index in [9.17, 15) is 4.79 Å². The quantitative estimate of drug-likeness (QED) is 0.845. The smallest absolute Gasteiger partial charge is 0.313 e. The monoisotopic (exact) mass is 326 g/mol. The van der Waals surface area contributed by atoms with E-state index in [1.165, 1.54) is 7.11 Å². The molecule has 24 heavy (non-hydrogen) atoms. The van der Waals surface area contributed by atoms with Crippen LogP contribution in [-0.4, -0.2) is 31.7 Å². The highest BCUT2D eigenvalue weighted by Gasteiger charge is 2.57. The van der Waals surface area contributed by atoms with Crippen molar-refractivity contribution in [3.63, 3.8) is 0 Å². The molecule has 1 fully saturated rings. The van der Waals surface area contributed by atoms with Crippen molar-refractivity contribution >= 4 is 5.78 Å². The molecular weight excluding hydrogens is 308 g/mol. The Morgan fingerprint density at radius 2 is 1.79 bits per heavy atom. The van der Waals surface area contributed by atoms with Crippen LogP contribution in [-0.2, 0) is 31.5 Å². The van der Waals surface area contributed by atoms with Gasteiger partial charge in [0.05, 0.1) is 18.8 Å². The van der Waals surface area contributed by atoms with Crippen LogP contribution in [0.3, 0.4) is 0 Å². The Hall–Kier alpha value is -2.05. The van der Waals surface area contributed by atoms with E-state index in [1.54, 1.807) is 12.1 Å². The molecule has 5 nitrogen and oxygen atoms in total. The van der Waals surface area contributed by atoms with Crippen LogP contribution in [0.2, 0.25) is 0 Å². The van der Waals surface area contributed by atoms with Crippen molar-refractivity contribution in [3.8, 4) is 0 Å².